The third kappa shape index (κ3) is 7.16. The van der Waals surface area contributed by atoms with Crippen molar-refractivity contribution >= 4 is 32.2 Å². The maximum atomic E-state index is 12.4. The van der Waals surface area contributed by atoms with Gasteiger partial charge in [-0.1, -0.05) is 56.5 Å². The van der Waals surface area contributed by atoms with Crippen molar-refractivity contribution in [2.75, 3.05) is 11.6 Å². The van der Waals surface area contributed by atoms with Gasteiger partial charge >= 0.3 is 0 Å². The third-order valence-corrected chi connectivity index (χ3v) is 6.57. The first-order valence-electron chi connectivity index (χ1n) is 11.1. The zero-order chi connectivity index (χ0) is 23.7. The van der Waals surface area contributed by atoms with Crippen LogP contribution in [0.3, 0.4) is 0 Å². The minimum Gasteiger partial charge on any atom is -0.325 e. The molecule has 6 heteroatoms. The highest BCUT2D eigenvalue weighted by atomic mass is 32.2. The van der Waals surface area contributed by atoms with Crippen molar-refractivity contribution in [2.45, 2.75) is 58.3 Å². The highest BCUT2D eigenvalue weighted by Gasteiger charge is 2.17. The number of nitrogens with one attached hydrogen (secondary N) is 1. The van der Waals surface area contributed by atoms with Gasteiger partial charge in [0.15, 0.2) is 9.84 Å². The van der Waals surface area contributed by atoms with E-state index < -0.39 is 9.84 Å². The van der Waals surface area contributed by atoms with Crippen LogP contribution in [0, 0.1) is 19.8 Å². The molecule has 0 saturated carbocycles. The van der Waals surface area contributed by atoms with E-state index in [0.717, 1.165) is 53.3 Å². The molecule has 1 heterocycles. The van der Waals surface area contributed by atoms with E-state index in [1.165, 1.54) is 6.26 Å². The number of carbonyl (C=O) groups excluding carboxylic acids is 1. The molecule has 0 saturated heterocycles. The Bertz CT molecular complexity index is 1150. The molecule has 0 atom stereocenters. The van der Waals surface area contributed by atoms with Crippen LogP contribution in [0.15, 0.2) is 59.8 Å². The van der Waals surface area contributed by atoms with E-state index in [1.54, 1.807) is 12.3 Å². The van der Waals surface area contributed by atoms with Gasteiger partial charge < -0.3 is 5.32 Å². The molecule has 0 aliphatic rings. The first-order chi connectivity index (χ1) is 15.2. The zero-order valence-corrected chi connectivity index (χ0v) is 20.5. The van der Waals surface area contributed by atoms with Crippen LogP contribution in [-0.2, 0) is 14.6 Å². The molecular formula is C26H34N2O3S. The Morgan fingerprint density at radius 1 is 1.03 bits per heavy atom. The van der Waals surface area contributed by atoms with Crippen molar-refractivity contribution in [3.63, 3.8) is 0 Å². The van der Waals surface area contributed by atoms with Crippen LogP contribution >= 0.6 is 0 Å². The van der Waals surface area contributed by atoms with Gasteiger partial charge in [0, 0.05) is 41.0 Å². The summed E-state index contributed by atoms with van der Waals surface area (Å²) in [7, 11) is -3.05. The van der Waals surface area contributed by atoms with E-state index in [2.05, 4.69) is 24.1 Å². The number of pyridine rings is 1. The molecule has 5 nitrogen and oxygen atoms in total. The van der Waals surface area contributed by atoms with Gasteiger partial charge in [0.2, 0.25) is 5.91 Å². The largest absolute Gasteiger partial charge is 0.325 e. The summed E-state index contributed by atoms with van der Waals surface area (Å²) in [6, 6.07) is 13.2. The molecule has 3 aromatic rings. The van der Waals surface area contributed by atoms with Gasteiger partial charge in [0.25, 0.3) is 0 Å². The van der Waals surface area contributed by atoms with E-state index in [4.69, 9.17) is 0 Å². The number of nitrogens with zero attached hydrogens (tertiary/aromatic N) is 1. The van der Waals surface area contributed by atoms with Crippen molar-refractivity contribution in [1.82, 2.24) is 4.98 Å². The van der Waals surface area contributed by atoms with Crippen LogP contribution in [0.25, 0.3) is 10.8 Å². The third-order valence-electron chi connectivity index (χ3n) is 5.31. The Morgan fingerprint density at radius 2 is 1.72 bits per heavy atom. The lowest BCUT2D eigenvalue weighted by Gasteiger charge is -2.16. The summed E-state index contributed by atoms with van der Waals surface area (Å²) in [5.74, 6) is 0.250. The number of rotatable bonds is 7. The van der Waals surface area contributed by atoms with E-state index in [9.17, 15) is 13.2 Å². The quantitative estimate of drug-likeness (QED) is 0.468. The SMILES string of the molecule is CCCC(CCC)C(=O)Nc1cccc2cnccc12.Cc1ccc(S(C)(=O)=O)c(C)c1. The van der Waals surface area contributed by atoms with Crippen LogP contribution in [-0.4, -0.2) is 25.6 Å². The Balaban J connectivity index is 0.000000258. The van der Waals surface area contributed by atoms with Crippen LogP contribution < -0.4 is 5.32 Å². The number of fused-ring (bicyclic) bond motifs is 1. The number of amides is 1. The zero-order valence-electron chi connectivity index (χ0n) is 19.7. The summed E-state index contributed by atoms with van der Waals surface area (Å²) in [4.78, 5) is 16.9. The fraction of sp³-hybridized carbons (Fsp3) is 0.385. The van der Waals surface area contributed by atoms with Gasteiger partial charge in [-0.3, -0.25) is 9.78 Å². The number of hydrogen-bond acceptors (Lipinski definition) is 4. The van der Waals surface area contributed by atoms with Gasteiger partial charge in [0.1, 0.15) is 0 Å². The van der Waals surface area contributed by atoms with Crippen molar-refractivity contribution in [2.24, 2.45) is 5.92 Å². The number of benzene rings is 2. The predicted octanol–water partition coefficient (Wildman–Crippen LogP) is 6.10. The van der Waals surface area contributed by atoms with Crippen molar-refractivity contribution in [1.29, 1.82) is 0 Å². The Labute approximate surface area is 192 Å². The first kappa shape index (κ1) is 25.5. The fourth-order valence-corrected chi connectivity index (χ4v) is 4.74. The summed E-state index contributed by atoms with van der Waals surface area (Å²) in [6.45, 7) is 8.00. The van der Waals surface area contributed by atoms with Crippen molar-refractivity contribution < 1.29 is 13.2 Å². The monoisotopic (exact) mass is 454 g/mol. The molecule has 32 heavy (non-hydrogen) atoms. The average Bonchev–Trinajstić information content (AvgIpc) is 2.73. The van der Waals surface area contributed by atoms with Crippen LogP contribution in [0.1, 0.15) is 50.7 Å². The van der Waals surface area contributed by atoms with Gasteiger partial charge in [0.05, 0.1) is 4.90 Å². The lowest BCUT2D eigenvalue weighted by Crippen LogP contribution is -2.22. The summed E-state index contributed by atoms with van der Waals surface area (Å²) < 4.78 is 22.3. The summed E-state index contributed by atoms with van der Waals surface area (Å²) in [6.07, 6.45) is 8.78. The normalized spacial score (nSPS) is 11.2. The van der Waals surface area contributed by atoms with Gasteiger partial charge in [-0.15, -0.1) is 0 Å². The van der Waals surface area contributed by atoms with Crippen LogP contribution in [0.2, 0.25) is 0 Å². The molecule has 0 fully saturated rings. The molecule has 0 aliphatic heterocycles. The molecule has 0 radical (unpaired) electrons. The molecule has 1 aromatic heterocycles. The van der Waals surface area contributed by atoms with Gasteiger partial charge in [-0.25, -0.2) is 8.42 Å². The minimum absolute atomic E-state index is 0.113. The molecule has 1 amide bonds. The number of hydrogen-bond donors (Lipinski definition) is 1. The number of carbonyl (C=O) groups is 1. The van der Waals surface area contributed by atoms with Gasteiger partial charge in [-0.05, 0) is 50.5 Å². The van der Waals surface area contributed by atoms with Crippen molar-refractivity contribution in [3.8, 4) is 0 Å². The second-order valence-electron chi connectivity index (χ2n) is 8.21. The molecule has 172 valence electrons. The van der Waals surface area contributed by atoms with Crippen molar-refractivity contribution in [3.05, 3.63) is 66.0 Å². The number of sulfone groups is 1. The molecule has 2 aromatic carbocycles. The van der Waals surface area contributed by atoms with Crippen LogP contribution in [0.5, 0.6) is 0 Å². The topological polar surface area (TPSA) is 76.1 Å². The number of aryl methyl sites for hydroxylation is 2. The smallest absolute Gasteiger partial charge is 0.227 e. The lowest BCUT2D eigenvalue weighted by atomic mass is 9.97. The lowest BCUT2D eigenvalue weighted by molar-refractivity contribution is -0.120. The Morgan fingerprint density at radius 3 is 2.31 bits per heavy atom. The van der Waals surface area contributed by atoms with Gasteiger partial charge in [-0.2, -0.15) is 0 Å². The highest BCUT2D eigenvalue weighted by Crippen LogP contribution is 2.24. The highest BCUT2D eigenvalue weighted by molar-refractivity contribution is 7.90. The van der Waals surface area contributed by atoms with E-state index in [1.807, 2.05) is 56.4 Å². The molecule has 0 spiro atoms. The second-order valence-corrected chi connectivity index (χ2v) is 10.2. The number of aromatic nitrogens is 1. The van der Waals surface area contributed by atoms with E-state index in [0.29, 0.717) is 4.90 Å². The standard InChI is InChI=1S/C17H22N2O.C9H12O2S/c1-3-6-13(7-4-2)17(20)19-16-9-5-8-14-12-18-11-10-15(14)16;1-7-4-5-9(8(2)6-7)12(3,10)11/h5,8-13H,3-4,6-7H2,1-2H3,(H,19,20);4-6H,1-3H3. The maximum Gasteiger partial charge on any atom is 0.227 e. The molecule has 3 rings (SSSR count). The first-order valence-corrected chi connectivity index (χ1v) is 13.0. The molecule has 0 unspecified atom stereocenters. The Kier molecular flexibility index (Phi) is 9.39. The molecular weight excluding hydrogens is 420 g/mol. The molecule has 0 aliphatic carbocycles. The van der Waals surface area contributed by atoms with E-state index in [-0.39, 0.29) is 11.8 Å². The average molecular weight is 455 g/mol. The second kappa shape index (κ2) is 11.8. The molecule has 1 N–H and O–H groups in total. The number of anilines is 1. The summed E-state index contributed by atoms with van der Waals surface area (Å²) >= 11 is 0. The Hall–Kier alpha value is -2.73. The minimum atomic E-state index is -3.05. The fourth-order valence-electron chi connectivity index (χ4n) is 3.79. The predicted molar refractivity (Wildman–Crippen MR) is 133 cm³/mol. The maximum absolute atomic E-state index is 12.4. The summed E-state index contributed by atoms with van der Waals surface area (Å²) in [5, 5.41) is 5.18. The van der Waals surface area contributed by atoms with E-state index >= 15 is 0 Å². The van der Waals surface area contributed by atoms with Crippen LogP contribution in [0.4, 0.5) is 5.69 Å². The summed E-state index contributed by atoms with van der Waals surface area (Å²) in [5.41, 5.74) is 2.78. The molecule has 0 bridgehead atoms.